The number of rotatable bonds is 6. The molecule has 0 unspecified atom stereocenters. The van der Waals surface area contributed by atoms with E-state index in [-0.39, 0.29) is 22.3 Å². The van der Waals surface area contributed by atoms with Crippen molar-refractivity contribution in [3.05, 3.63) is 9.68 Å². The summed E-state index contributed by atoms with van der Waals surface area (Å²) >= 11 is 7.93. The predicted octanol–water partition coefficient (Wildman–Crippen LogP) is 9.10. The molecule has 0 amide bonds. The van der Waals surface area contributed by atoms with Crippen LogP contribution in [0.1, 0.15) is 54.4 Å². The third kappa shape index (κ3) is 7.13. The molecular weight excluding hydrogens is 552 g/mol. The van der Waals surface area contributed by atoms with E-state index in [2.05, 4.69) is 119 Å². The molecule has 0 heterocycles. The minimum Gasteiger partial charge on any atom is -0.414 e. The molecule has 178 valence electrons. The summed E-state index contributed by atoms with van der Waals surface area (Å²) < 4.78 is 15.5. The smallest absolute Gasteiger partial charge is 0.192 e. The van der Waals surface area contributed by atoms with Gasteiger partial charge in [-0.3, -0.25) is 0 Å². The van der Waals surface area contributed by atoms with E-state index in [0.717, 1.165) is 18.2 Å². The molecule has 1 aliphatic carbocycles. The SMILES string of the molecule is CC(C)(C)[Si](C)(C)O[C@H]1C/C(=C(/Br)[Si](C)(C)C)[C@H](CBr)[C@@H](O[Si](C)(C)C(C)(C)C)C1. The molecule has 7 heteroatoms. The van der Waals surface area contributed by atoms with Crippen molar-refractivity contribution >= 4 is 56.6 Å². The lowest BCUT2D eigenvalue weighted by atomic mass is 9.82. The van der Waals surface area contributed by atoms with Gasteiger partial charge in [-0.1, -0.05) is 98.6 Å². The first-order valence-corrected chi connectivity index (χ1v) is 22.7. The molecule has 0 radical (unpaired) electrons. The molecule has 30 heavy (non-hydrogen) atoms. The number of halogens is 2. The van der Waals surface area contributed by atoms with Crippen molar-refractivity contribution in [3.63, 3.8) is 0 Å². The van der Waals surface area contributed by atoms with Crippen molar-refractivity contribution < 1.29 is 8.85 Å². The number of alkyl halides is 1. The molecule has 3 atom stereocenters. The maximum Gasteiger partial charge on any atom is 0.192 e. The zero-order valence-corrected chi connectivity index (χ0v) is 28.1. The lowest BCUT2D eigenvalue weighted by molar-refractivity contribution is 0.0470. The Morgan fingerprint density at radius 3 is 1.67 bits per heavy atom. The fourth-order valence-corrected chi connectivity index (χ4v) is 8.67. The summed E-state index contributed by atoms with van der Waals surface area (Å²) in [6.45, 7) is 30.8. The zero-order chi connectivity index (χ0) is 23.9. The van der Waals surface area contributed by atoms with Crippen LogP contribution in [0.3, 0.4) is 0 Å². The van der Waals surface area contributed by atoms with Crippen molar-refractivity contribution in [2.24, 2.45) is 5.92 Å². The van der Waals surface area contributed by atoms with Crippen LogP contribution in [0, 0.1) is 5.92 Å². The van der Waals surface area contributed by atoms with Crippen LogP contribution in [0.2, 0.25) is 55.9 Å². The molecule has 0 aromatic rings. The van der Waals surface area contributed by atoms with E-state index in [1.54, 1.807) is 5.57 Å². The second-order valence-corrected chi connectivity index (χ2v) is 29.9. The van der Waals surface area contributed by atoms with Gasteiger partial charge in [0.2, 0.25) is 0 Å². The van der Waals surface area contributed by atoms with Crippen LogP contribution >= 0.6 is 31.9 Å². The quantitative estimate of drug-likeness (QED) is 0.224. The molecule has 2 nitrogen and oxygen atoms in total. The first-order chi connectivity index (χ1) is 13.1. The lowest BCUT2D eigenvalue weighted by Gasteiger charge is -2.48. The van der Waals surface area contributed by atoms with E-state index in [0.29, 0.717) is 5.92 Å². The second kappa shape index (κ2) is 9.87. The van der Waals surface area contributed by atoms with E-state index < -0.39 is 24.7 Å². The maximum atomic E-state index is 7.07. The van der Waals surface area contributed by atoms with E-state index in [1.165, 1.54) is 4.11 Å². The summed E-state index contributed by atoms with van der Waals surface area (Å²) in [5.74, 6) is 0.416. The van der Waals surface area contributed by atoms with Crippen LogP contribution in [0.5, 0.6) is 0 Å². The minimum atomic E-state index is -1.88. The van der Waals surface area contributed by atoms with Gasteiger partial charge >= 0.3 is 0 Å². The summed E-state index contributed by atoms with van der Waals surface area (Å²) in [6, 6.07) is 0. The molecule has 0 aromatic heterocycles. The second-order valence-electron chi connectivity index (χ2n) is 13.2. The van der Waals surface area contributed by atoms with Crippen LogP contribution in [0.4, 0.5) is 0 Å². The Bertz CT molecular complexity index is 626. The molecule has 0 aromatic carbocycles. The summed E-state index contributed by atoms with van der Waals surface area (Å²) in [4.78, 5) is 0. The van der Waals surface area contributed by atoms with Gasteiger partial charge in [-0.2, -0.15) is 0 Å². The normalized spacial score (nSPS) is 26.7. The fraction of sp³-hybridized carbons (Fsp3) is 0.913. The van der Waals surface area contributed by atoms with Crippen LogP contribution in [-0.2, 0) is 8.85 Å². The highest BCUT2D eigenvalue weighted by Crippen LogP contribution is 2.46. The summed E-state index contributed by atoms with van der Waals surface area (Å²) in [7, 11) is -5.19. The molecule has 1 aliphatic rings. The highest BCUT2D eigenvalue weighted by atomic mass is 79.9. The van der Waals surface area contributed by atoms with Gasteiger partial charge < -0.3 is 8.85 Å². The molecule has 1 saturated carbocycles. The Morgan fingerprint density at radius 2 is 1.30 bits per heavy atom. The molecule has 1 fully saturated rings. The van der Waals surface area contributed by atoms with Crippen molar-refractivity contribution in [2.45, 2.75) is 122 Å². The Balaban J connectivity index is 3.41. The minimum absolute atomic E-state index is 0.205. The van der Waals surface area contributed by atoms with Crippen molar-refractivity contribution in [1.29, 1.82) is 0 Å². The monoisotopic (exact) mass is 598 g/mol. The standard InChI is InChI=1S/C23H48Br2O2Si3/c1-22(2,3)29(10,11)26-17-14-18(21(25)28(7,8)9)19(16-24)20(15-17)27-30(12,13)23(4,5)6/h17,19-20H,14-16H2,1-13H3/b21-18+/t17-,19-,20-/m0/s1. The van der Waals surface area contributed by atoms with Crippen molar-refractivity contribution in [1.82, 2.24) is 0 Å². The van der Waals surface area contributed by atoms with Gasteiger partial charge in [-0.05, 0) is 53.2 Å². The van der Waals surface area contributed by atoms with E-state index >= 15 is 0 Å². The average Bonchev–Trinajstić information content (AvgIpc) is 2.49. The Morgan fingerprint density at radius 1 is 0.867 bits per heavy atom. The highest BCUT2D eigenvalue weighted by molar-refractivity contribution is 9.12. The molecule has 0 aliphatic heterocycles. The topological polar surface area (TPSA) is 18.5 Å². The highest BCUT2D eigenvalue weighted by Gasteiger charge is 2.47. The summed E-state index contributed by atoms with van der Waals surface area (Å²) in [6.07, 6.45) is 2.50. The molecule has 0 spiro atoms. The summed E-state index contributed by atoms with van der Waals surface area (Å²) in [5, 5.41) is 1.37. The van der Waals surface area contributed by atoms with Gasteiger partial charge in [-0.15, -0.1) is 0 Å². The first-order valence-electron chi connectivity index (χ1n) is 11.4. The van der Waals surface area contributed by atoms with Crippen LogP contribution in [-0.4, -0.2) is 42.2 Å². The number of hydrogen-bond donors (Lipinski definition) is 0. The maximum absolute atomic E-state index is 7.07. The molecule has 0 saturated heterocycles. The third-order valence-electron chi connectivity index (χ3n) is 7.47. The van der Waals surface area contributed by atoms with Crippen LogP contribution in [0.15, 0.2) is 9.68 Å². The average molecular weight is 601 g/mol. The summed E-state index contributed by atoms with van der Waals surface area (Å²) in [5.41, 5.74) is 1.55. The van der Waals surface area contributed by atoms with Gasteiger partial charge in [0.1, 0.15) is 0 Å². The Labute approximate surface area is 207 Å². The first kappa shape index (κ1) is 29.3. The van der Waals surface area contributed by atoms with Gasteiger partial charge in [0.05, 0.1) is 20.3 Å². The van der Waals surface area contributed by atoms with E-state index in [9.17, 15) is 0 Å². The lowest BCUT2D eigenvalue weighted by Crippen LogP contribution is -2.52. The predicted molar refractivity (Wildman–Crippen MR) is 150 cm³/mol. The van der Waals surface area contributed by atoms with Crippen LogP contribution < -0.4 is 0 Å². The van der Waals surface area contributed by atoms with E-state index in [4.69, 9.17) is 8.85 Å². The Kier molecular flexibility index (Phi) is 9.64. The molecular formula is C23H48Br2O2Si3. The molecule has 0 N–H and O–H groups in total. The van der Waals surface area contributed by atoms with Gasteiger partial charge in [0.25, 0.3) is 0 Å². The van der Waals surface area contributed by atoms with Crippen molar-refractivity contribution in [2.75, 3.05) is 5.33 Å². The fourth-order valence-electron chi connectivity index (χ4n) is 3.42. The van der Waals surface area contributed by atoms with Crippen LogP contribution in [0.25, 0.3) is 0 Å². The Hall–Kier alpha value is 1.27. The molecule has 0 bridgehead atoms. The van der Waals surface area contributed by atoms with Gasteiger partial charge in [-0.25, -0.2) is 0 Å². The third-order valence-corrected chi connectivity index (χ3v) is 22.9. The van der Waals surface area contributed by atoms with E-state index in [1.807, 2.05) is 0 Å². The zero-order valence-electron chi connectivity index (χ0n) is 21.9. The van der Waals surface area contributed by atoms with Crippen molar-refractivity contribution in [3.8, 4) is 0 Å². The van der Waals surface area contributed by atoms with Gasteiger partial charge in [0.15, 0.2) is 16.6 Å². The molecule has 1 rings (SSSR count). The van der Waals surface area contributed by atoms with Gasteiger partial charge in [0, 0.05) is 11.2 Å². The number of hydrogen-bond acceptors (Lipinski definition) is 2. The largest absolute Gasteiger partial charge is 0.414 e.